The number of ether oxygens (including phenoxy) is 2. The van der Waals surface area contributed by atoms with E-state index in [0.29, 0.717) is 11.5 Å². The number of hydrogen-bond donors (Lipinski definition) is 1. The molecule has 0 saturated heterocycles. The second-order valence-electron chi connectivity index (χ2n) is 5.43. The molecule has 5 heteroatoms. The number of methoxy groups -OCH3 is 2. The summed E-state index contributed by atoms with van der Waals surface area (Å²) in [4.78, 5) is 4.80. The van der Waals surface area contributed by atoms with Crippen LogP contribution < -0.4 is 14.8 Å². The smallest absolute Gasteiger partial charge is 0.175 e. The van der Waals surface area contributed by atoms with Gasteiger partial charge in [-0.1, -0.05) is 24.3 Å². The first-order valence-electron chi connectivity index (χ1n) is 7.51. The minimum atomic E-state index is 0.650. The van der Waals surface area contributed by atoms with E-state index >= 15 is 0 Å². The third-order valence-electron chi connectivity index (χ3n) is 4.11. The zero-order chi connectivity index (χ0) is 16.7. The van der Waals surface area contributed by atoms with Crippen molar-refractivity contribution < 1.29 is 9.47 Å². The largest absolute Gasteiger partial charge is 0.493 e. The molecule has 1 aliphatic rings. The number of halogens is 1. The Morgan fingerprint density at radius 2 is 1.75 bits per heavy atom. The molecule has 1 heterocycles. The highest BCUT2D eigenvalue weighted by Crippen LogP contribution is 2.41. The molecule has 0 fully saturated rings. The Labute approximate surface area is 148 Å². The summed E-state index contributed by atoms with van der Waals surface area (Å²) in [5.41, 5.74) is 2.92. The van der Waals surface area contributed by atoms with Crippen LogP contribution >= 0.6 is 15.9 Å². The van der Waals surface area contributed by atoms with Crippen LogP contribution in [0.5, 0.6) is 11.5 Å². The Hall–Kier alpha value is -2.53. The summed E-state index contributed by atoms with van der Waals surface area (Å²) in [6.07, 6.45) is 0. The summed E-state index contributed by atoms with van der Waals surface area (Å²) in [6.45, 7) is 0. The molecule has 1 N–H and O–H groups in total. The fraction of sp³-hybridized carbons (Fsp3) is 0.105. The fourth-order valence-corrected chi connectivity index (χ4v) is 3.67. The predicted octanol–water partition coefficient (Wildman–Crippen LogP) is 5.12. The van der Waals surface area contributed by atoms with E-state index in [9.17, 15) is 0 Å². The second-order valence-corrected chi connectivity index (χ2v) is 6.22. The molecule has 0 aromatic heterocycles. The third kappa shape index (κ3) is 2.24. The second kappa shape index (κ2) is 5.83. The molecule has 0 spiro atoms. The predicted molar refractivity (Wildman–Crippen MR) is 101 cm³/mol. The molecule has 4 rings (SSSR count). The number of aliphatic imine (C=N–C) groups is 1. The molecular weight excluding hydrogens is 368 g/mol. The van der Waals surface area contributed by atoms with Crippen LogP contribution in [0.15, 0.2) is 58.0 Å². The first kappa shape index (κ1) is 15.0. The standard InChI is InChI=1S/C19H15BrN2O2/c1-23-15-10-9-12(17(20)18(15)24-2)19-21-13-7-3-5-11-6-4-8-14(22-19)16(11)13/h3-10H,1-2H3,(H,21,22). The molecule has 3 aromatic rings. The summed E-state index contributed by atoms with van der Waals surface area (Å²) in [5.74, 6) is 2.10. The number of amidine groups is 1. The molecule has 0 bridgehead atoms. The quantitative estimate of drug-likeness (QED) is 0.683. The van der Waals surface area contributed by atoms with Crippen molar-refractivity contribution in [2.45, 2.75) is 0 Å². The van der Waals surface area contributed by atoms with Crippen molar-refractivity contribution in [3.8, 4) is 11.5 Å². The molecule has 24 heavy (non-hydrogen) atoms. The maximum atomic E-state index is 5.47. The van der Waals surface area contributed by atoms with Gasteiger partial charge < -0.3 is 14.8 Å². The molecule has 3 aromatic carbocycles. The van der Waals surface area contributed by atoms with E-state index in [1.165, 1.54) is 5.39 Å². The van der Waals surface area contributed by atoms with Gasteiger partial charge in [-0.05, 0) is 45.6 Å². The van der Waals surface area contributed by atoms with Crippen molar-refractivity contribution in [3.05, 3.63) is 58.6 Å². The first-order chi connectivity index (χ1) is 11.7. The lowest BCUT2D eigenvalue weighted by Gasteiger charge is -2.21. The van der Waals surface area contributed by atoms with Crippen LogP contribution in [-0.4, -0.2) is 20.1 Å². The van der Waals surface area contributed by atoms with Crippen molar-refractivity contribution in [3.63, 3.8) is 0 Å². The lowest BCUT2D eigenvalue weighted by molar-refractivity contribution is 0.353. The van der Waals surface area contributed by atoms with E-state index in [1.54, 1.807) is 14.2 Å². The zero-order valence-electron chi connectivity index (χ0n) is 13.3. The van der Waals surface area contributed by atoms with E-state index in [-0.39, 0.29) is 0 Å². The van der Waals surface area contributed by atoms with Gasteiger partial charge in [-0.2, -0.15) is 0 Å². The normalized spacial score (nSPS) is 12.5. The van der Waals surface area contributed by atoms with Gasteiger partial charge in [0.15, 0.2) is 11.5 Å². The van der Waals surface area contributed by atoms with E-state index in [0.717, 1.165) is 32.6 Å². The number of hydrogen-bond acceptors (Lipinski definition) is 4. The Morgan fingerprint density at radius 1 is 0.958 bits per heavy atom. The number of nitrogens with one attached hydrogen (secondary N) is 1. The minimum absolute atomic E-state index is 0.650. The summed E-state index contributed by atoms with van der Waals surface area (Å²) in [5, 5.41) is 5.74. The van der Waals surface area contributed by atoms with Gasteiger partial charge in [0.25, 0.3) is 0 Å². The Kier molecular flexibility index (Phi) is 3.65. The lowest BCUT2D eigenvalue weighted by Crippen LogP contribution is -2.17. The molecule has 0 unspecified atom stereocenters. The van der Waals surface area contributed by atoms with Gasteiger partial charge in [0.05, 0.1) is 24.4 Å². The van der Waals surface area contributed by atoms with Gasteiger partial charge in [0.1, 0.15) is 5.84 Å². The number of benzene rings is 3. The van der Waals surface area contributed by atoms with Crippen LogP contribution in [-0.2, 0) is 0 Å². The summed E-state index contributed by atoms with van der Waals surface area (Å²) < 4.78 is 11.6. The fourth-order valence-electron chi connectivity index (χ4n) is 2.99. The molecule has 0 aliphatic carbocycles. The van der Waals surface area contributed by atoms with Gasteiger partial charge in [-0.15, -0.1) is 0 Å². The molecular formula is C19H15BrN2O2. The minimum Gasteiger partial charge on any atom is -0.493 e. The van der Waals surface area contributed by atoms with Crippen molar-refractivity contribution >= 4 is 43.9 Å². The SMILES string of the molecule is COc1ccc(C2=Nc3cccc4cccc(c34)N2)c(Br)c1OC. The van der Waals surface area contributed by atoms with E-state index in [1.807, 2.05) is 30.3 Å². The van der Waals surface area contributed by atoms with Gasteiger partial charge in [0, 0.05) is 16.6 Å². The Balaban J connectivity index is 1.90. The average molecular weight is 383 g/mol. The monoisotopic (exact) mass is 382 g/mol. The molecule has 120 valence electrons. The van der Waals surface area contributed by atoms with Gasteiger partial charge in [-0.25, -0.2) is 4.99 Å². The number of nitrogens with zero attached hydrogens (tertiary/aromatic N) is 1. The zero-order valence-corrected chi connectivity index (χ0v) is 14.8. The van der Waals surface area contributed by atoms with Crippen LogP contribution in [0.1, 0.15) is 5.56 Å². The topological polar surface area (TPSA) is 42.8 Å². The van der Waals surface area contributed by atoms with Crippen molar-refractivity contribution in [1.29, 1.82) is 0 Å². The van der Waals surface area contributed by atoms with Crippen molar-refractivity contribution in [1.82, 2.24) is 0 Å². The van der Waals surface area contributed by atoms with Crippen molar-refractivity contribution in [2.75, 3.05) is 19.5 Å². The third-order valence-corrected chi connectivity index (χ3v) is 4.90. The van der Waals surface area contributed by atoms with Crippen LogP contribution in [0.4, 0.5) is 11.4 Å². The Bertz CT molecular complexity index is 977. The van der Waals surface area contributed by atoms with Crippen LogP contribution in [0.25, 0.3) is 10.8 Å². The highest BCUT2D eigenvalue weighted by Gasteiger charge is 2.20. The number of anilines is 1. The average Bonchev–Trinajstić information content (AvgIpc) is 2.61. The van der Waals surface area contributed by atoms with Crippen LogP contribution in [0.3, 0.4) is 0 Å². The number of rotatable bonds is 3. The summed E-state index contributed by atoms with van der Waals surface area (Å²) in [7, 11) is 3.25. The van der Waals surface area contributed by atoms with Gasteiger partial charge in [-0.3, -0.25) is 0 Å². The van der Waals surface area contributed by atoms with E-state index in [2.05, 4.69) is 39.4 Å². The maximum absolute atomic E-state index is 5.47. The molecule has 4 nitrogen and oxygen atoms in total. The lowest BCUT2D eigenvalue weighted by atomic mass is 10.0. The molecule has 0 saturated carbocycles. The van der Waals surface area contributed by atoms with Crippen molar-refractivity contribution in [2.24, 2.45) is 4.99 Å². The van der Waals surface area contributed by atoms with Crippen LogP contribution in [0.2, 0.25) is 0 Å². The van der Waals surface area contributed by atoms with E-state index < -0.39 is 0 Å². The maximum Gasteiger partial charge on any atom is 0.175 e. The first-order valence-corrected chi connectivity index (χ1v) is 8.30. The molecule has 0 radical (unpaired) electrons. The van der Waals surface area contributed by atoms with Crippen LogP contribution in [0, 0.1) is 0 Å². The summed E-state index contributed by atoms with van der Waals surface area (Å²) >= 11 is 3.62. The van der Waals surface area contributed by atoms with Gasteiger partial charge >= 0.3 is 0 Å². The molecule has 0 atom stereocenters. The summed E-state index contributed by atoms with van der Waals surface area (Å²) in [6, 6.07) is 16.2. The highest BCUT2D eigenvalue weighted by molar-refractivity contribution is 9.10. The van der Waals surface area contributed by atoms with Gasteiger partial charge in [0.2, 0.25) is 0 Å². The Morgan fingerprint density at radius 3 is 2.50 bits per heavy atom. The molecule has 1 aliphatic heterocycles. The molecule has 0 amide bonds. The highest BCUT2D eigenvalue weighted by atomic mass is 79.9. The van der Waals surface area contributed by atoms with E-state index in [4.69, 9.17) is 14.5 Å².